The average molecular weight is 288 g/mol. The molecule has 0 spiro atoms. The monoisotopic (exact) mass is 288 g/mol. The molecule has 1 aromatic heterocycles. The lowest BCUT2D eigenvalue weighted by atomic mass is 10.2. The molecule has 1 heterocycles. The second kappa shape index (κ2) is 6.43. The summed E-state index contributed by atoms with van der Waals surface area (Å²) in [6.45, 7) is 6.46. The summed E-state index contributed by atoms with van der Waals surface area (Å²) < 4.78 is 10.7. The van der Waals surface area contributed by atoms with Crippen LogP contribution in [0.2, 0.25) is 0 Å². The first-order valence-corrected chi connectivity index (χ1v) is 6.87. The van der Waals surface area contributed by atoms with Gasteiger partial charge in [0.05, 0.1) is 12.2 Å². The summed E-state index contributed by atoms with van der Waals surface area (Å²) in [5, 5.41) is 3.80. The van der Waals surface area contributed by atoms with Crippen molar-refractivity contribution in [1.82, 2.24) is 10.1 Å². The van der Waals surface area contributed by atoms with Gasteiger partial charge in [-0.1, -0.05) is 17.3 Å². The topological polar surface area (TPSA) is 55.6 Å². The molecule has 0 saturated heterocycles. The Hall–Kier alpha value is -2.30. The molecule has 1 aromatic carbocycles. The highest BCUT2D eigenvalue weighted by Crippen LogP contribution is 2.15. The standard InChI is InChI=1S/C16H20N2O3/c1-11-6-5-7-14(10-11)20-9-8-18(4)16(19)15-12(2)17-21-13(15)3/h5-7,10H,8-9H2,1-4H3. The van der Waals surface area contributed by atoms with Crippen LogP contribution in [0.15, 0.2) is 28.8 Å². The van der Waals surface area contributed by atoms with Crippen LogP contribution < -0.4 is 4.74 Å². The Morgan fingerprint density at radius 2 is 2.10 bits per heavy atom. The van der Waals surface area contributed by atoms with E-state index >= 15 is 0 Å². The molecule has 0 N–H and O–H groups in total. The Balaban J connectivity index is 1.90. The van der Waals surface area contributed by atoms with Crippen LogP contribution in [0.5, 0.6) is 5.75 Å². The van der Waals surface area contributed by atoms with E-state index in [1.165, 1.54) is 0 Å². The SMILES string of the molecule is Cc1cccc(OCCN(C)C(=O)c2c(C)noc2C)c1. The van der Waals surface area contributed by atoms with E-state index in [4.69, 9.17) is 9.26 Å². The van der Waals surface area contributed by atoms with Gasteiger partial charge in [-0.15, -0.1) is 0 Å². The molecule has 0 aliphatic rings. The van der Waals surface area contributed by atoms with Crippen LogP contribution in [0.3, 0.4) is 0 Å². The first kappa shape index (κ1) is 15.1. The predicted molar refractivity (Wildman–Crippen MR) is 79.6 cm³/mol. The van der Waals surface area contributed by atoms with Crippen molar-refractivity contribution in [1.29, 1.82) is 0 Å². The van der Waals surface area contributed by atoms with Crippen molar-refractivity contribution in [2.75, 3.05) is 20.2 Å². The van der Waals surface area contributed by atoms with Crippen molar-refractivity contribution in [2.45, 2.75) is 20.8 Å². The number of rotatable bonds is 5. The van der Waals surface area contributed by atoms with Crippen LogP contribution >= 0.6 is 0 Å². The number of hydrogen-bond acceptors (Lipinski definition) is 4. The summed E-state index contributed by atoms with van der Waals surface area (Å²) in [6.07, 6.45) is 0. The summed E-state index contributed by atoms with van der Waals surface area (Å²) in [7, 11) is 1.74. The first-order valence-electron chi connectivity index (χ1n) is 6.87. The van der Waals surface area contributed by atoms with Gasteiger partial charge in [0.15, 0.2) is 0 Å². The molecule has 0 aliphatic carbocycles. The van der Waals surface area contributed by atoms with E-state index in [-0.39, 0.29) is 5.91 Å². The Labute approximate surface area is 124 Å². The third-order valence-corrected chi connectivity index (χ3v) is 3.28. The summed E-state index contributed by atoms with van der Waals surface area (Å²) in [5.74, 6) is 1.26. The molecular weight excluding hydrogens is 268 g/mol. The number of benzene rings is 1. The molecular formula is C16H20N2O3. The zero-order chi connectivity index (χ0) is 15.4. The lowest BCUT2D eigenvalue weighted by Gasteiger charge is -2.17. The van der Waals surface area contributed by atoms with Gasteiger partial charge in [-0.2, -0.15) is 0 Å². The van der Waals surface area contributed by atoms with E-state index in [1.807, 2.05) is 31.2 Å². The zero-order valence-electron chi connectivity index (χ0n) is 12.8. The highest BCUT2D eigenvalue weighted by molar-refractivity contribution is 5.95. The van der Waals surface area contributed by atoms with Gasteiger partial charge in [-0.3, -0.25) is 4.79 Å². The van der Waals surface area contributed by atoms with Crippen LogP contribution in [0.25, 0.3) is 0 Å². The largest absolute Gasteiger partial charge is 0.492 e. The molecule has 0 unspecified atom stereocenters. The second-order valence-electron chi connectivity index (χ2n) is 5.09. The van der Waals surface area contributed by atoms with E-state index in [2.05, 4.69) is 5.16 Å². The lowest BCUT2D eigenvalue weighted by Crippen LogP contribution is -2.31. The normalized spacial score (nSPS) is 10.5. The fraction of sp³-hybridized carbons (Fsp3) is 0.375. The molecule has 5 nitrogen and oxygen atoms in total. The van der Waals surface area contributed by atoms with Gasteiger partial charge in [-0.05, 0) is 38.5 Å². The van der Waals surface area contributed by atoms with Crippen molar-refractivity contribution in [3.05, 3.63) is 46.8 Å². The number of likely N-dealkylation sites (N-methyl/N-ethyl adjacent to an activating group) is 1. The Kier molecular flexibility index (Phi) is 4.62. The second-order valence-corrected chi connectivity index (χ2v) is 5.09. The predicted octanol–water partition coefficient (Wildman–Crippen LogP) is 2.75. The van der Waals surface area contributed by atoms with Crippen molar-refractivity contribution in [3.63, 3.8) is 0 Å². The number of ether oxygens (including phenoxy) is 1. The minimum atomic E-state index is -0.0981. The van der Waals surface area contributed by atoms with Crippen LogP contribution in [0.1, 0.15) is 27.4 Å². The van der Waals surface area contributed by atoms with Crippen molar-refractivity contribution in [3.8, 4) is 5.75 Å². The lowest BCUT2D eigenvalue weighted by molar-refractivity contribution is 0.0771. The maximum absolute atomic E-state index is 12.3. The zero-order valence-corrected chi connectivity index (χ0v) is 12.8. The minimum Gasteiger partial charge on any atom is -0.492 e. The van der Waals surface area contributed by atoms with Gasteiger partial charge in [0.2, 0.25) is 0 Å². The average Bonchev–Trinajstić information content (AvgIpc) is 2.77. The molecule has 0 aliphatic heterocycles. The van der Waals surface area contributed by atoms with Gasteiger partial charge in [0, 0.05) is 7.05 Å². The number of carbonyl (C=O) groups excluding carboxylic acids is 1. The van der Waals surface area contributed by atoms with Gasteiger partial charge >= 0.3 is 0 Å². The molecule has 5 heteroatoms. The Morgan fingerprint density at radius 3 is 2.71 bits per heavy atom. The smallest absolute Gasteiger partial charge is 0.259 e. The van der Waals surface area contributed by atoms with Crippen LogP contribution in [-0.2, 0) is 0 Å². The third kappa shape index (κ3) is 3.62. The number of amides is 1. The van der Waals surface area contributed by atoms with Crippen molar-refractivity contribution < 1.29 is 14.1 Å². The number of nitrogens with zero attached hydrogens (tertiary/aromatic N) is 2. The van der Waals surface area contributed by atoms with Gasteiger partial charge in [0.25, 0.3) is 5.91 Å². The number of carbonyl (C=O) groups is 1. The number of hydrogen-bond donors (Lipinski definition) is 0. The number of aromatic nitrogens is 1. The fourth-order valence-corrected chi connectivity index (χ4v) is 2.09. The maximum Gasteiger partial charge on any atom is 0.259 e. The van der Waals surface area contributed by atoms with Crippen molar-refractivity contribution >= 4 is 5.91 Å². The van der Waals surface area contributed by atoms with Crippen LogP contribution in [0.4, 0.5) is 0 Å². The summed E-state index contributed by atoms with van der Waals surface area (Å²) in [5.41, 5.74) is 2.30. The molecule has 0 fully saturated rings. The first-order chi connectivity index (χ1) is 9.99. The molecule has 0 saturated carbocycles. The minimum absolute atomic E-state index is 0.0981. The van der Waals surface area contributed by atoms with Crippen LogP contribution in [0, 0.1) is 20.8 Å². The van der Waals surface area contributed by atoms with E-state index in [9.17, 15) is 4.79 Å². The number of aryl methyl sites for hydroxylation is 3. The third-order valence-electron chi connectivity index (χ3n) is 3.28. The Bertz CT molecular complexity index is 615. The summed E-state index contributed by atoms with van der Waals surface area (Å²) >= 11 is 0. The molecule has 0 atom stereocenters. The van der Waals surface area contributed by atoms with Gasteiger partial charge < -0.3 is 14.2 Å². The fourth-order valence-electron chi connectivity index (χ4n) is 2.09. The van der Waals surface area contributed by atoms with Gasteiger partial charge in [-0.25, -0.2) is 0 Å². The molecule has 1 amide bonds. The molecule has 2 aromatic rings. The molecule has 21 heavy (non-hydrogen) atoms. The van der Waals surface area contributed by atoms with Crippen molar-refractivity contribution in [2.24, 2.45) is 0 Å². The maximum atomic E-state index is 12.3. The van der Waals surface area contributed by atoms with Crippen LogP contribution in [-0.4, -0.2) is 36.2 Å². The summed E-state index contributed by atoms with van der Waals surface area (Å²) in [6, 6.07) is 7.84. The molecule has 2 rings (SSSR count). The molecule has 112 valence electrons. The summed E-state index contributed by atoms with van der Waals surface area (Å²) in [4.78, 5) is 13.9. The highest BCUT2D eigenvalue weighted by atomic mass is 16.5. The van der Waals surface area contributed by atoms with E-state index in [0.717, 1.165) is 11.3 Å². The highest BCUT2D eigenvalue weighted by Gasteiger charge is 2.20. The van der Waals surface area contributed by atoms with E-state index in [0.29, 0.717) is 30.2 Å². The van der Waals surface area contributed by atoms with E-state index in [1.54, 1.807) is 25.8 Å². The molecule has 0 bridgehead atoms. The quantitative estimate of drug-likeness (QED) is 0.849. The molecule has 0 radical (unpaired) electrons. The Morgan fingerprint density at radius 1 is 1.33 bits per heavy atom. The van der Waals surface area contributed by atoms with Gasteiger partial charge in [0.1, 0.15) is 23.7 Å². The van der Waals surface area contributed by atoms with E-state index < -0.39 is 0 Å².